The topological polar surface area (TPSA) is 72.8 Å². The fourth-order valence-corrected chi connectivity index (χ4v) is 3.87. The molecule has 0 aliphatic carbocycles. The zero-order chi connectivity index (χ0) is 19.1. The van der Waals surface area contributed by atoms with Crippen molar-refractivity contribution < 1.29 is 5.11 Å². The van der Waals surface area contributed by atoms with E-state index in [1.165, 1.54) is 12.8 Å². The molecule has 3 N–H and O–H groups in total. The normalized spacial score (nSPS) is 17.0. The van der Waals surface area contributed by atoms with E-state index in [1.807, 2.05) is 36.9 Å². The van der Waals surface area contributed by atoms with Gasteiger partial charge in [0.15, 0.2) is 5.96 Å². The van der Waals surface area contributed by atoms with E-state index in [-0.39, 0.29) is 0 Å². The Morgan fingerprint density at radius 1 is 1.30 bits per heavy atom. The number of aliphatic hydroxyl groups is 1. The van der Waals surface area contributed by atoms with Gasteiger partial charge in [0.05, 0.1) is 13.1 Å². The molecule has 27 heavy (non-hydrogen) atoms. The van der Waals surface area contributed by atoms with E-state index in [2.05, 4.69) is 37.6 Å². The lowest BCUT2D eigenvalue weighted by Crippen LogP contribution is -2.44. The first-order chi connectivity index (χ1) is 13.1. The summed E-state index contributed by atoms with van der Waals surface area (Å²) in [6, 6.07) is 6.12. The molecule has 1 unspecified atom stereocenters. The molecular formula is C20H29N5OS. The zero-order valence-electron chi connectivity index (χ0n) is 16.1. The molecule has 146 valence electrons. The largest absolute Gasteiger partial charge is 0.384 e. The van der Waals surface area contributed by atoms with E-state index in [1.54, 1.807) is 11.3 Å². The van der Waals surface area contributed by atoms with Gasteiger partial charge in [-0.3, -0.25) is 0 Å². The highest BCUT2D eigenvalue weighted by molar-refractivity contribution is 7.08. The second-order valence-electron chi connectivity index (χ2n) is 7.05. The fraction of sp³-hybridized carbons (Fsp3) is 0.500. The quantitative estimate of drug-likeness (QED) is 0.503. The number of aromatic nitrogens is 1. The lowest BCUT2D eigenvalue weighted by molar-refractivity contribution is 0.0621. The van der Waals surface area contributed by atoms with E-state index in [4.69, 9.17) is 0 Å². The van der Waals surface area contributed by atoms with Gasteiger partial charge >= 0.3 is 0 Å². The molecule has 2 aromatic heterocycles. The van der Waals surface area contributed by atoms with Crippen LogP contribution in [0.25, 0.3) is 0 Å². The van der Waals surface area contributed by atoms with Crippen molar-refractivity contribution in [2.45, 2.75) is 38.8 Å². The molecule has 1 atom stereocenters. The maximum atomic E-state index is 10.7. The summed E-state index contributed by atoms with van der Waals surface area (Å²) in [5.74, 6) is 1.74. The van der Waals surface area contributed by atoms with Crippen LogP contribution in [0, 0.1) is 0 Å². The second kappa shape index (κ2) is 9.19. The first kappa shape index (κ1) is 19.6. The first-order valence-corrected chi connectivity index (χ1v) is 10.5. The lowest BCUT2D eigenvalue weighted by atomic mass is 9.99. The predicted molar refractivity (Wildman–Crippen MR) is 112 cm³/mol. The minimum absolute atomic E-state index is 0.391. The zero-order valence-corrected chi connectivity index (χ0v) is 16.9. The van der Waals surface area contributed by atoms with Gasteiger partial charge in [-0.2, -0.15) is 11.3 Å². The highest BCUT2D eigenvalue weighted by Crippen LogP contribution is 2.22. The van der Waals surface area contributed by atoms with Crippen LogP contribution >= 0.6 is 11.3 Å². The van der Waals surface area contributed by atoms with Gasteiger partial charge in [-0.05, 0) is 60.7 Å². The number of hydrogen-bond donors (Lipinski definition) is 3. The molecule has 3 rings (SSSR count). The summed E-state index contributed by atoms with van der Waals surface area (Å²) < 4.78 is 0. The second-order valence-corrected chi connectivity index (χ2v) is 7.83. The van der Waals surface area contributed by atoms with Crippen molar-refractivity contribution in [1.82, 2.24) is 15.6 Å². The molecule has 0 aromatic carbocycles. The van der Waals surface area contributed by atoms with Crippen molar-refractivity contribution in [2.24, 2.45) is 4.99 Å². The number of rotatable bonds is 7. The van der Waals surface area contributed by atoms with E-state index in [0.29, 0.717) is 19.0 Å². The SMILES string of the molecule is CCNC(=NCc1ccc(N2CCCC2)nc1)NCC(C)(O)c1ccsc1. The molecule has 1 fully saturated rings. The maximum Gasteiger partial charge on any atom is 0.191 e. The van der Waals surface area contributed by atoms with Gasteiger partial charge in [0.2, 0.25) is 0 Å². The Labute approximate surface area is 165 Å². The van der Waals surface area contributed by atoms with Gasteiger partial charge in [-0.15, -0.1) is 0 Å². The summed E-state index contributed by atoms with van der Waals surface area (Å²) in [7, 11) is 0. The molecule has 0 spiro atoms. The van der Waals surface area contributed by atoms with E-state index >= 15 is 0 Å². The predicted octanol–water partition coefficient (Wildman–Crippen LogP) is 2.71. The summed E-state index contributed by atoms with van der Waals surface area (Å²) in [5, 5.41) is 21.1. The molecule has 0 bridgehead atoms. The van der Waals surface area contributed by atoms with E-state index in [0.717, 1.165) is 36.6 Å². The van der Waals surface area contributed by atoms with Crippen LogP contribution in [0.3, 0.4) is 0 Å². The molecule has 1 saturated heterocycles. The summed E-state index contributed by atoms with van der Waals surface area (Å²) in [4.78, 5) is 11.5. The van der Waals surface area contributed by atoms with Crippen molar-refractivity contribution in [1.29, 1.82) is 0 Å². The highest BCUT2D eigenvalue weighted by atomic mass is 32.1. The molecule has 0 radical (unpaired) electrons. The number of hydrogen-bond acceptors (Lipinski definition) is 5. The summed E-state index contributed by atoms with van der Waals surface area (Å²) >= 11 is 1.58. The van der Waals surface area contributed by atoms with E-state index < -0.39 is 5.60 Å². The van der Waals surface area contributed by atoms with Gasteiger partial charge in [0, 0.05) is 25.8 Å². The summed E-state index contributed by atoms with van der Waals surface area (Å²) in [6.45, 7) is 7.74. The average molecular weight is 388 g/mol. The van der Waals surface area contributed by atoms with Crippen LogP contribution in [0.15, 0.2) is 40.1 Å². The molecule has 1 aliphatic heterocycles. The average Bonchev–Trinajstić information content (AvgIpc) is 3.39. The molecule has 0 amide bonds. The Kier molecular flexibility index (Phi) is 6.68. The van der Waals surface area contributed by atoms with Crippen LogP contribution in [0.4, 0.5) is 5.82 Å². The van der Waals surface area contributed by atoms with E-state index in [9.17, 15) is 5.11 Å². The van der Waals surface area contributed by atoms with Crippen molar-refractivity contribution in [2.75, 3.05) is 31.1 Å². The molecule has 2 aromatic rings. The molecule has 0 saturated carbocycles. The van der Waals surface area contributed by atoms with Gasteiger partial charge in [0.1, 0.15) is 11.4 Å². The number of thiophene rings is 1. The highest BCUT2D eigenvalue weighted by Gasteiger charge is 2.23. The van der Waals surface area contributed by atoms with Crippen LogP contribution < -0.4 is 15.5 Å². The third-order valence-corrected chi connectivity index (χ3v) is 5.43. The Bertz CT molecular complexity index is 721. The Balaban J connectivity index is 1.58. The summed E-state index contributed by atoms with van der Waals surface area (Å²) in [6.07, 6.45) is 4.41. The molecular weight excluding hydrogens is 358 g/mol. The third kappa shape index (κ3) is 5.43. The number of pyridine rings is 1. The van der Waals surface area contributed by atoms with Crippen LogP contribution in [-0.2, 0) is 12.1 Å². The maximum absolute atomic E-state index is 10.7. The van der Waals surface area contributed by atoms with Crippen LogP contribution in [0.2, 0.25) is 0 Å². The molecule has 6 nitrogen and oxygen atoms in total. The molecule has 7 heteroatoms. The van der Waals surface area contributed by atoms with Crippen molar-refractivity contribution in [3.8, 4) is 0 Å². The van der Waals surface area contributed by atoms with Gasteiger partial charge < -0.3 is 20.6 Å². The standard InChI is InChI=1S/C20H29N5OS/c1-3-21-19(24-15-20(2,26)17-8-11-27-14-17)23-13-16-6-7-18(22-12-16)25-9-4-5-10-25/h6-8,11-12,14,26H,3-5,9-10,13,15H2,1-2H3,(H2,21,23,24). The van der Waals surface area contributed by atoms with Gasteiger partial charge in [-0.25, -0.2) is 9.98 Å². The van der Waals surface area contributed by atoms with Crippen LogP contribution in [0.5, 0.6) is 0 Å². The van der Waals surface area contributed by atoms with Crippen LogP contribution in [0.1, 0.15) is 37.8 Å². The van der Waals surface area contributed by atoms with Crippen molar-refractivity contribution in [3.05, 3.63) is 46.3 Å². The number of nitrogens with zero attached hydrogens (tertiary/aromatic N) is 3. The first-order valence-electron chi connectivity index (χ1n) is 9.55. The Morgan fingerprint density at radius 2 is 2.11 bits per heavy atom. The fourth-order valence-electron chi connectivity index (χ4n) is 3.08. The molecule has 3 heterocycles. The van der Waals surface area contributed by atoms with Crippen molar-refractivity contribution >= 4 is 23.1 Å². The minimum Gasteiger partial charge on any atom is -0.384 e. The summed E-state index contributed by atoms with van der Waals surface area (Å²) in [5.41, 5.74) is 1.05. The van der Waals surface area contributed by atoms with Crippen molar-refractivity contribution in [3.63, 3.8) is 0 Å². The number of aliphatic imine (C=N–C) groups is 1. The lowest BCUT2D eigenvalue weighted by Gasteiger charge is -2.24. The number of anilines is 1. The van der Waals surface area contributed by atoms with Gasteiger partial charge in [-0.1, -0.05) is 6.07 Å². The molecule has 1 aliphatic rings. The number of nitrogens with one attached hydrogen (secondary N) is 2. The Hall–Kier alpha value is -2.12. The van der Waals surface area contributed by atoms with Gasteiger partial charge in [0.25, 0.3) is 0 Å². The Morgan fingerprint density at radius 3 is 2.74 bits per heavy atom. The minimum atomic E-state index is -0.935. The monoisotopic (exact) mass is 387 g/mol. The smallest absolute Gasteiger partial charge is 0.191 e. The third-order valence-electron chi connectivity index (χ3n) is 4.75. The van der Waals surface area contributed by atoms with Crippen LogP contribution in [-0.4, -0.2) is 42.2 Å². The number of guanidine groups is 1.